The van der Waals surface area contributed by atoms with Crippen molar-refractivity contribution in [1.82, 2.24) is 0 Å². The van der Waals surface area contributed by atoms with Crippen molar-refractivity contribution in [2.75, 3.05) is 0 Å². The van der Waals surface area contributed by atoms with Gasteiger partial charge in [-0.3, -0.25) is 0 Å². The molecule has 1 saturated carbocycles. The van der Waals surface area contributed by atoms with Gasteiger partial charge in [0.1, 0.15) is 0 Å². The number of nitriles is 1. The summed E-state index contributed by atoms with van der Waals surface area (Å²) < 4.78 is 0. The summed E-state index contributed by atoms with van der Waals surface area (Å²) >= 11 is 8.21. The molecule has 0 unspecified atom stereocenters. The third kappa shape index (κ3) is 1.33. The third-order valence-corrected chi connectivity index (χ3v) is 5.53. The Labute approximate surface area is 98.7 Å². The first-order chi connectivity index (χ1) is 7.27. The van der Waals surface area contributed by atoms with Crippen molar-refractivity contribution in [2.45, 2.75) is 43.9 Å². The van der Waals surface area contributed by atoms with Crippen LogP contribution in [0, 0.1) is 11.3 Å². The summed E-state index contributed by atoms with van der Waals surface area (Å²) in [5, 5.41) is 10.1. The monoisotopic (exact) mass is 237 g/mol. The Bertz CT molecular complexity index is 451. The number of halogens is 1. The highest BCUT2D eigenvalue weighted by atomic mass is 35.5. The van der Waals surface area contributed by atoms with Gasteiger partial charge >= 0.3 is 0 Å². The maximum atomic E-state index is 9.19. The molecule has 0 aromatic carbocycles. The Kier molecular flexibility index (Phi) is 2.09. The third-order valence-electron chi connectivity index (χ3n) is 3.51. The Morgan fingerprint density at radius 2 is 2.00 bits per heavy atom. The van der Waals surface area contributed by atoms with Crippen LogP contribution < -0.4 is 0 Å². The molecule has 2 aliphatic carbocycles. The van der Waals surface area contributed by atoms with E-state index in [4.69, 9.17) is 11.6 Å². The molecule has 0 bridgehead atoms. The summed E-state index contributed by atoms with van der Waals surface area (Å²) in [6.45, 7) is 0. The van der Waals surface area contributed by atoms with E-state index in [2.05, 4.69) is 6.07 Å². The van der Waals surface area contributed by atoms with E-state index in [1.165, 1.54) is 34.6 Å². The molecule has 0 saturated heterocycles. The van der Waals surface area contributed by atoms with Crippen LogP contribution in [0.4, 0.5) is 0 Å². The summed E-state index contributed by atoms with van der Waals surface area (Å²) in [5.41, 5.74) is 1.16. The highest BCUT2D eigenvalue weighted by Crippen LogP contribution is 2.54. The van der Waals surface area contributed by atoms with Gasteiger partial charge in [-0.2, -0.15) is 5.26 Å². The minimum absolute atomic E-state index is 0.195. The molecular weight excluding hydrogens is 226 g/mol. The molecule has 0 N–H and O–H groups in total. The van der Waals surface area contributed by atoms with Crippen molar-refractivity contribution >= 4 is 22.9 Å². The topological polar surface area (TPSA) is 23.8 Å². The SMILES string of the molecule is N#CC1(c2sc3c(c2Cl)CCCC3)CC1. The first kappa shape index (κ1) is 9.69. The molecule has 15 heavy (non-hydrogen) atoms. The first-order valence-electron chi connectivity index (χ1n) is 5.49. The smallest absolute Gasteiger partial charge is 0.0931 e. The second kappa shape index (κ2) is 3.23. The number of rotatable bonds is 1. The lowest BCUT2D eigenvalue weighted by Crippen LogP contribution is -2.00. The van der Waals surface area contributed by atoms with E-state index in [9.17, 15) is 5.26 Å². The van der Waals surface area contributed by atoms with E-state index in [0.29, 0.717) is 0 Å². The molecule has 3 rings (SSSR count). The van der Waals surface area contributed by atoms with Crippen molar-refractivity contribution in [3.63, 3.8) is 0 Å². The fraction of sp³-hybridized carbons (Fsp3) is 0.583. The van der Waals surface area contributed by atoms with Crippen molar-refractivity contribution in [1.29, 1.82) is 5.26 Å². The van der Waals surface area contributed by atoms with Gasteiger partial charge in [-0.05, 0) is 44.1 Å². The molecule has 1 nitrogen and oxygen atoms in total. The van der Waals surface area contributed by atoms with E-state index >= 15 is 0 Å². The Morgan fingerprint density at radius 1 is 1.27 bits per heavy atom. The maximum Gasteiger partial charge on any atom is 0.0931 e. The van der Waals surface area contributed by atoms with E-state index in [0.717, 1.165) is 24.3 Å². The fourth-order valence-corrected chi connectivity index (χ4v) is 4.39. The quantitative estimate of drug-likeness (QED) is 0.728. The highest BCUT2D eigenvalue weighted by molar-refractivity contribution is 7.13. The van der Waals surface area contributed by atoms with Crippen LogP contribution in [0.25, 0.3) is 0 Å². The van der Waals surface area contributed by atoms with Crippen LogP contribution in [0.1, 0.15) is 41.0 Å². The van der Waals surface area contributed by atoms with Gasteiger partial charge in [-0.1, -0.05) is 11.6 Å². The zero-order valence-electron chi connectivity index (χ0n) is 8.48. The number of hydrogen-bond acceptors (Lipinski definition) is 2. The first-order valence-corrected chi connectivity index (χ1v) is 6.68. The highest BCUT2D eigenvalue weighted by Gasteiger charge is 2.48. The molecule has 1 fully saturated rings. The molecular formula is C12H12ClNS. The van der Waals surface area contributed by atoms with Crippen LogP contribution in [-0.2, 0) is 18.3 Å². The summed E-state index contributed by atoms with van der Waals surface area (Å²) in [5.74, 6) is 0. The van der Waals surface area contributed by atoms with Crippen molar-refractivity contribution in [2.24, 2.45) is 0 Å². The number of thiophene rings is 1. The molecule has 0 aliphatic heterocycles. The number of nitrogens with zero attached hydrogens (tertiary/aromatic N) is 1. The summed E-state index contributed by atoms with van der Waals surface area (Å²) in [4.78, 5) is 2.61. The van der Waals surface area contributed by atoms with Gasteiger partial charge in [0.05, 0.1) is 16.5 Å². The minimum Gasteiger partial charge on any atom is -0.197 e. The lowest BCUT2D eigenvalue weighted by Gasteiger charge is -2.09. The molecule has 2 aliphatic rings. The Hall–Kier alpha value is -0.520. The van der Waals surface area contributed by atoms with Crippen LogP contribution in [0.3, 0.4) is 0 Å². The standard InChI is InChI=1S/C12H12ClNS/c13-10-8-3-1-2-4-9(8)15-11(10)12(7-14)5-6-12/h1-6H2. The maximum absolute atomic E-state index is 9.19. The molecule has 1 aromatic rings. The average molecular weight is 238 g/mol. The summed E-state index contributed by atoms with van der Waals surface area (Å²) in [6.07, 6.45) is 6.82. The second-order valence-electron chi connectivity index (χ2n) is 4.55. The predicted molar refractivity (Wildman–Crippen MR) is 62.5 cm³/mol. The van der Waals surface area contributed by atoms with Gasteiger partial charge in [-0.25, -0.2) is 0 Å². The molecule has 0 radical (unpaired) electrons. The van der Waals surface area contributed by atoms with Crippen LogP contribution >= 0.6 is 22.9 Å². The van der Waals surface area contributed by atoms with Gasteiger partial charge < -0.3 is 0 Å². The van der Waals surface area contributed by atoms with Crippen molar-refractivity contribution in [3.05, 3.63) is 20.3 Å². The average Bonchev–Trinajstić information content (AvgIpc) is 3.00. The van der Waals surface area contributed by atoms with Crippen LogP contribution in [-0.4, -0.2) is 0 Å². The Morgan fingerprint density at radius 3 is 2.60 bits per heavy atom. The largest absolute Gasteiger partial charge is 0.197 e. The van der Waals surface area contributed by atoms with Gasteiger partial charge in [0.2, 0.25) is 0 Å². The molecule has 78 valence electrons. The minimum atomic E-state index is -0.195. The van der Waals surface area contributed by atoms with Crippen molar-refractivity contribution in [3.8, 4) is 6.07 Å². The van der Waals surface area contributed by atoms with Crippen LogP contribution in [0.5, 0.6) is 0 Å². The number of fused-ring (bicyclic) bond motifs is 1. The van der Waals surface area contributed by atoms with E-state index in [-0.39, 0.29) is 5.41 Å². The number of aryl methyl sites for hydroxylation is 1. The van der Waals surface area contributed by atoms with Gasteiger partial charge in [0.25, 0.3) is 0 Å². The summed E-state index contributed by atoms with van der Waals surface area (Å²) in [6, 6.07) is 2.44. The molecule has 1 aromatic heterocycles. The zero-order chi connectivity index (χ0) is 10.5. The van der Waals surface area contributed by atoms with Crippen LogP contribution in [0.2, 0.25) is 5.02 Å². The predicted octanol–water partition coefficient (Wildman–Crippen LogP) is 3.84. The summed E-state index contributed by atoms with van der Waals surface area (Å²) in [7, 11) is 0. The lowest BCUT2D eigenvalue weighted by atomic mass is 9.97. The fourth-order valence-electron chi connectivity index (χ4n) is 2.35. The normalized spacial score (nSPS) is 21.9. The van der Waals surface area contributed by atoms with Gasteiger partial charge in [0.15, 0.2) is 0 Å². The zero-order valence-corrected chi connectivity index (χ0v) is 10.0. The van der Waals surface area contributed by atoms with Crippen LogP contribution in [0.15, 0.2) is 0 Å². The van der Waals surface area contributed by atoms with Crippen molar-refractivity contribution < 1.29 is 0 Å². The van der Waals surface area contributed by atoms with Gasteiger partial charge in [-0.15, -0.1) is 11.3 Å². The molecule has 0 amide bonds. The second-order valence-corrected chi connectivity index (χ2v) is 6.03. The van der Waals surface area contributed by atoms with E-state index in [1.807, 2.05) is 0 Å². The lowest BCUT2D eigenvalue weighted by molar-refractivity contribution is 0.697. The van der Waals surface area contributed by atoms with E-state index in [1.54, 1.807) is 11.3 Å². The molecule has 3 heteroatoms. The van der Waals surface area contributed by atoms with Gasteiger partial charge in [0, 0.05) is 9.75 Å². The molecule has 1 heterocycles. The van der Waals surface area contributed by atoms with E-state index < -0.39 is 0 Å². The Balaban J connectivity index is 2.11. The number of hydrogen-bond donors (Lipinski definition) is 0. The molecule has 0 spiro atoms. The molecule has 0 atom stereocenters.